The summed E-state index contributed by atoms with van der Waals surface area (Å²) in [5.41, 5.74) is 1.40. The molecule has 0 radical (unpaired) electrons. The lowest BCUT2D eigenvalue weighted by atomic mass is 10.3. The molecule has 26 heavy (non-hydrogen) atoms. The van der Waals surface area contributed by atoms with E-state index < -0.39 is 11.9 Å². The van der Waals surface area contributed by atoms with E-state index in [-0.39, 0.29) is 13.0 Å². The van der Waals surface area contributed by atoms with Gasteiger partial charge in [-0.3, -0.25) is 9.59 Å². The molecule has 3 aromatic rings. The summed E-state index contributed by atoms with van der Waals surface area (Å²) in [5.74, 6) is -0.898. The molecule has 0 aliphatic rings. The van der Waals surface area contributed by atoms with Crippen molar-refractivity contribution in [1.82, 2.24) is 4.98 Å². The van der Waals surface area contributed by atoms with Gasteiger partial charge in [0, 0.05) is 12.1 Å². The number of para-hydroxylation sites is 1. The maximum absolute atomic E-state index is 11.8. The molecule has 5 nitrogen and oxygen atoms in total. The molecule has 1 amide bonds. The van der Waals surface area contributed by atoms with Crippen molar-refractivity contribution < 1.29 is 14.3 Å². The lowest BCUT2D eigenvalue weighted by Gasteiger charge is -2.07. The van der Waals surface area contributed by atoms with Gasteiger partial charge in [0.2, 0.25) is 0 Å². The summed E-state index contributed by atoms with van der Waals surface area (Å²) < 4.78 is 6.07. The van der Waals surface area contributed by atoms with Crippen LogP contribution in [0, 0.1) is 0 Å². The van der Waals surface area contributed by atoms with Gasteiger partial charge in [-0.2, -0.15) is 0 Å². The highest BCUT2D eigenvalue weighted by molar-refractivity contribution is 7.18. The van der Waals surface area contributed by atoms with E-state index in [4.69, 9.17) is 27.9 Å². The Bertz CT molecular complexity index is 926. The van der Waals surface area contributed by atoms with Gasteiger partial charge in [0.05, 0.1) is 31.7 Å². The van der Waals surface area contributed by atoms with E-state index in [1.165, 1.54) is 6.07 Å². The Morgan fingerprint density at radius 1 is 1.12 bits per heavy atom. The normalized spacial score (nSPS) is 10.7. The number of carbonyl (C=O) groups excluding carboxylic acids is 2. The van der Waals surface area contributed by atoms with Gasteiger partial charge in [-0.1, -0.05) is 35.3 Å². The third-order valence-corrected chi connectivity index (χ3v) is 5.28. The Kier molecular flexibility index (Phi) is 6.08. The van der Waals surface area contributed by atoms with Gasteiger partial charge in [0.25, 0.3) is 5.91 Å². The topological polar surface area (TPSA) is 68.3 Å². The molecule has 0 aliphatic carbocycles. The minimum absolute atomic E-state index is 0.167. The lowest BCUT2D eigenvalue weighted by molar-refractivity contribution is -0.147. The van der Waals surface area contributed by atoms with Crippen LogP contribution in [-0.2, 0) is 20.7 Å². The van der Waals surface area contributed by atoms with Gasteiger partial charge in [-0.15, -0.1) is 11.3 Å². The van der Waals surface area contributed by atoms with Crippen LogP contribution in [0.15, 0.2) is 42.5 Å². The van der Waals surface area contributed by atoms with Crippen molar-refractivity contribution in [3.63, 3.8) is 0 Å². The molecular weight excluding hydrogens is 395 g/mol. The number of hydrogen-bond donors (Lipinski definition) is 1. The lowest BCUT2D eigenvalue weighted by Crippen LogP contribution is -2.21. The highest BCUT2D eigenvalue weighted by Gasteiger charge is 2.11. The number of fused-ring (bicyclic) bond motifs is 1. The summed E-state index contributed by atoms with van der Waals surface area (Å²) in [4.78, 5) is 28.1. The van der Waals surface area contributed by atoms with Crippen LogP contribution in [0.1, 0.15) is 11.4 Å². The zero-order chi connectivity index (χ0) is 18.5. The van der Waals surface area contributed by atoms with E-state index in [1.807, 2.05) is 24.3 Å². The largest absolute Gasteiger partial charge is 0.456 e. The zero-order valence-corrected chi connectivity index (χ0v) is 15.8. The number of carbonyl (C=O) groups is 2. The first-order chi connectivity index (χ1) is 12.5. The molecule has 1 heterocycles. The van der Waals surface area contributed by atoms with E-state index >= 15 is 0 Å². The monoisotopic (exact) mass is 408 g/mol. The van der Waals surface area contributed by atoms with Crippen molar-refractivity contribution in [2.45, 2.75) is 12.8 Å². The number of halogens is 2. The third-order valence-electron chi connectivity index (χ3n) is 3.45. The quantitative estimate of drug-likeness (QED) is 0.599. The van der Waals surface area contributed by atoms with Gasteiger partial charge in [0.1, 0.15) is 0 Å². The van der Waals surface area contributed by atoms with Crippen molar-refractivity contribution in [2.75, 3.05) is 11.9 Å². The number of thiazole rings is 1. The van der Waals surface area contributed by atoms with Crippen LogP contribution in [0.4, 0.5) is 5.69 Å². The number of benzene rings is 2. The second kappa shape index (κ2) is 8.49. The maximum atomic E-state index is 11.8. The van der Waals surface area contributed by atoms with E-state index in [0.717, 1.165) is 15.2 Å². The SMILES string of the molecule is O=C(COC(=O)CCc1nc2ccccc2s1)Nc1ccc(Cl)c(Cl)c1. The number of amides is 1. The Morgan fingerprint density at radius 2 is 1.92 bits per heavy atom. The molecule has 134 valence electrons. The zero-order valence-electron chi connectivity index (χ0n) is 13.5. The Balaban J connectivity index is 1.44. The molecule has 1 aromatic heterocycles. The standard InChI is InChI=1S/C18H14Cl2N2O3S/c19-12-6-5-11(9-13(12)20)21-16(23)10-25-18(24)8-7-17-22-14-3-1-2-4-15(14)26-17/h1-6,9H,7-8,10H2,(H,21,23). The molecule has 0 aliphatic heterocycles. The number of aromatic nitrogens is 1. The molecule has 0 fully saturated rings. The Labute approximate surface area is 163 Å². The molecule has 0 bridgehead atoms. The highest BCUT2D eigenvalue weighted by atomic mass is 35.5. The number of rotatable bonds is 6. The van der Waals surface area contributed by atoms with Crippen LogP contribution in [-0.4, -0.2) is 23.5 Å². The summed E-state index contributed by atoms with van der Waals surface area (Å²) >= 11 is 13.2. The van der Waals surface area contributed by atoms with Gasteiger partial charge < -0.3 is 10.1 Å². The van der Waals surface area contributed by atoms with Crippen LogP contribution < -0.4 is 5.32 Å². The maximum Gasteiger partial charge on any atom is 0.306 e. The molecule has 3 rings (SSSR count). The minimum atomic E-state index is -0.450. The first-order valence-corrected chi connectivity index (χ1v) is 9.33. The van der Waals surface area contributed by atoms with Crippen LogP contribution >= 0.6 is 34.5 Å². The number of anilines is 1. The number of ether oxygens (including phenoxy) is 1. The van der Waals surface area contributed by atoms with Crippen molar-refractivity contribution in [1.29, 1.82) is 0 Å². The van der Waals surface area contributed by atoms with Gasteiger partial charge in [-0.05, 0) is 30.3 Å². The van der Waals surface area contributed by atoms with E-state index in [9.17, 15) is 9.59 Å². The van der Waals surface area contributed by atoms with Gasteiger partial charge >= 0.3 is 5.97 Å². The number of esters is 1. The molecule has 2 aromatic carbocycles. The average Bonchev–Trinajstić information content (AvgIpc) is 3.04. The molecule has 0 saturated heterocycles. The van der Waals surface area contributed by atoms with E-state index in [1.54, 1.807) is 23.5 Å². The number of aryl methyl sites for hydroxylation is 1. The van der Waals surface area contributed by atoms with Crippen LogP contribution in [0.2, 0.25) is 10.0 Å². The predicted molar refractivity (Wildman–Crippen MR) is 104 cm³/mol. The molecule has 0 spiro atoms. The first kappa shape index (κ1) is 18.6. The van der Waals surface area contributed by atoms with Crippen LogP contribution in [0.5, 0.6) is 0 Å². The predicted octanol–water partition coefficient (Wildman–Crippen LogP) is 4.72. The fraction of sp³-hybridized carbons (Fsp3) is 0.167. The number of nitrogens with one attached hydrogen (secondary N) is 1. The highest BCUT2D eigenvalue weighted by Crippen LogP contribution is 2.25. The third kappa shape index (κ3) is 4.94. The number of hydrogen-bond acceptors (Lipinski definition) is 5. The first-order valence-electron chi connectivity index (χ1n) is 7.76. The van der Waals surface area contributed by atoms with E-state index in [2.05, 4.69) is 10.3 Å². The van der Waals surface area contributed by atoms with Crippen molar-refractivity contribution in [3.05, 3.63) is 57.5 Å². The molecule has 0 atom stereocenters. The van der Waals surface area contributed by atoms with Crippen molar-refractivity contribution in [2.24, 2.45) is 0 Å². The summed E-state index contributed by atoms with van der Waals surface area (Å²) in [6.07, 6.45) is 0.645. The van der Waals surface area contributed by atoms with Gasteiger partial charge in [-0.25, -0.2) is 4.98 Å². The van der Waals surface area contributed by atoms with Crippen LogP contribution in [0.25, 0.3) is 10.2 Å². The fourth-order valence-corrected chi connectivity index (χ4v) is 3.49. The smallest absolute Gasteiger partial charge is 0.306 e. The molecular formula is C18H14Cl2N2O3S. The summed E-state index contributed by atoms with van der Waals surface area (Å²) in [5, 5.41) is 4.18. The summed E-state index contributed by atoms with van der Waals surface area (Å²) in [6.45, 7) is -0.362. The molecule has 0 unspecified atom stereocenters. The Hall–Kier alpha value is -2.15. The molecule has 8 heteroatoms. The number of nitrogens with zero attached hydrogens (tertiary/aromatic N) is 1. The molecule has 0 saturated carbocycles. The average molecular weight is 409 g/mol. The van der Waals surface area contributed by atoms with Crippen molar-refractivity contribution in [3.8, 4) is 0 Å². The fourth-order valence-electron chi connectivity index (χ4n) is 2.23. The Morgan fingerprint density at radius 3 is 2.69 bits per heavy atom. The van der Waals surface area contributed by atoms with Crippen LogP contribution in [0.3, 0.4) is 0 Å². The summed E-state index contributed by atoms with van der Waals surface area (Å²) in [6, 6.07) is 12.5. The summed E-state index contributed by atoms with van der Waals surface area (Å²) in [7, 11) is 0. The molecule has 1 N–H and O–H groups in total. The second-order valence-corrected chi connectivity index (χ2v) is 7.34. The minimum Gasteiger partial charge on any atom is -0.456 e. The van der Waals surface area contributed by atoms with Crippen molar-refractivity contribution >= 4 is 62.3 Å². The van der Waals surface area contributed by atoms with E-state index in [0.29, 0.717) is 22.2 Å². The second-order valence-electron chi connectivity index (χ2n) is 5.41. The van der Waals surface area contributed by atoms with Gasteiger partial charge in [0.15, 0.2) is 6.61 Å².